The van der Waals surface area contributed by atoms with Gasteiger partial charge in [-0.15, -0.1) is 0 Å². The van der Waals surface area contributed by atoms with Crippen LogP contribution in [-0.2, 0) is 24.1 Å². The number of amides is 3. The van der Waals surface area contributed by atoms with Crippen LogP contribution in [0.15, 0.2) is 53.7 Å². The van der Waals surface area contributed by atoms with E-state index in [1.807, 2.05) is 75.1 Å². The molecule has 14 nitrogen and oxygen atoms in total. The van der Waals surface area contributed by atoms with Crippen LogP contribution >= 0.6 is 0 Å². The zero-order chi connectivity index (χ0) is 38.4. The first-order valence-corrected chi connectivity index (χ1v) is 18.4. The molecule has 0 bridgehead atoms. The van der Waals surface area contributed by atoms with Gasteiger partial charge in [0, 0.05) is 24.2 Å². The summed E-state index contributed by atoms with van der Waals surface area (Å²) in [6.07, 6.45) is 5.65. The number of nitrogens with one attached hydrogen (secondary N) is 3. The molecule has 0 radical (unpaired) electrons. The third-order valence-corrected chi connectivity index (χ3v) is 9.98. The number of fused-ring (bicyclic) bond motifs is 1. The number of H-pyrrole nitrogens is 2. The van der Waals surface area contributed by atoms with Gasteiger partial charge in [0.25, 0.3) is 0 Å². The lowest BCUT2D eigenvalue weighted by Gasteiger charge is -2.30. The Hall–Kier alpha value is -5.68. The highest BCUT2D eigenvalue weighted by Crippen LogP contribution is 2.34. The SMILES string of the molecule is COOC=N[C@@H](C(=O)N1CCC[C@H]1c1nc2ccc(C#Cc3ccc(-c4cnc([C@@H]5CCCN5C(=O)[C@@H](NC(=O)OC)C(C)C)[nH]4)cc3)cc2[nH]1)C(C)C. The third-order valence-electron chi connectivity index (χ3n) is 9.98. The summed E-state index contributed by atoms with van der Waals surface area (Å²) in [7, 11) is 2.68. The smallest absolute Gasteiger partial charge is 0.407 e. The molecule has 0 saturated carbocycles. The summed E-state index contributed by atoms with van der Waals surface area (Å²) in [5, 5.41) is 2.69. The van der Waals surface area contributed by atoms with Crippen molar-refractivity contribution in [1.29, 1.82) is 0 Å². The minimum Gasteiger partial charge on any atom is -0.453 e. The minimum absolute atomic E-state index is 0.0173. The van der Waals surface area contributed by atoms with E-state index in [4.69, 9.17) is 14.6 Å². The molecule has 2 aromatic heterocycles. The molecule has 3 N–H and O–H groups in total. The normalized spacial score (nSPS) is 18.3. The van der Waals surface area contributed by atoms with Gasteiger partial charge in [-0.25, -0.2) is 19.8 Å². The predicted octanol–water partition coefficient (Wildman–Crippen LogP) is 5.69. The fourth-order valence-electron chi connectivity index (χ4n) is 7.13. The van der Waals surface area contributed by atoms with Gasteiger partial charge >= 0.3 is 6.09 Å². The molecule has 284 valence electrons. The maximum atomic E-state index is 13.5. The first-order chi connectivity index (χ1) is 26.1. The van der Waals surface area contributed by atoms with Gasteiger partial charge in [-0.3, -0.25) is 9.59 Å². The zero-order valence-corrected chi connectivity index (χ0v) is 31.6. The van der Waals surface area contributed by atoms with Crippen molar-refractivity contribution < 1.29 is 28.9 Å². The molecule has 0 aliphatic carbocycles. The van der Waals surface area contributed by atoms with Gasteiger partial charge in [0.05, 0.1) is 49.2 Å². The number of hydrogen-bond acceptors (Lipinski definition) is 9. The first-order valence-electron chi connectivity index (χ1n) is 18.4. The Balaban J connectivity index is 1.12. The topological polar surface area (TPSA) is 167 Å². The molecule has 2 aliphatic rings. The molecule has 6 rings (SSSR count). The molecule has 4 heterocycles. The van der Waals surface area contributed by atoms with Crippen LogP contribution in [0.2, 0.25) is 0 Å². The van der Waals surface area contributed by atoms with Gasteiger partial charge in [-0.05, 0) is 73.4 Å². The van der Waals surface area contributed by atoms with Gasteiger partial charge in [0.2, 0.25) is 18.2 Å². The van der Waals surface area contributed by atoms with Crippen molar-refractivity contribution in [1.82, 2.24) is 35.1 Å². The molecule has 0 spiro atoms. The minimum atomic E-state index is -0.688. The van der Waals surface area contributed by atoms with Crippen LogP contribution in [0.25, 0.3) is 22.3 Å². The Morgan fingerprint density at radius 1 is 0.889 bits per heavy atom. The Labute approximate surface area is 315 Å². The molecule has 0 unspecified atom stereocenters. The number of likely N-dealkylation sites (tertiary alicyclic amines) is 2. The van der Waals surface area contributed by atoms with Crippen molar-refractivity contribution >= 4 is 35.3 Å². The number of ether oxygens (including phenoxy) is 1. The third kappa shape index (κ3) is 8.42. The fourth-order valence-corrected chi connectivity index (χ4v) is 7.13. The molecule has 14 heteroatoms. The highest BCUT2D eigenvalue weighted by molar-refractivity contribution is 5.86. The molecule has 4 atom stereocenters. The lowest BCUT2D eigenvalue weighted by molar-refractivity contribution is -0.188. The van der Waals surface area contributed by atoms with E-state index in [1.54, 1.807) is 11.1 Å². The van der Waals surface area contributed by atoms with E-state index in [0.717, 1.165) is 64.9 Å². The molecule has 3 amide bonds. The Bertz CT molecular complexity index is 2040. The van der Waals surface area contributed by atoms with Crippen LogP contribution in [0.1, 0.15) is 88.2 Å². The maximum absolute atomic E-state index is 13.5. The highest BCUT2D eigenvalue weighted by Gasteiger charge is 2.38. The summed E-state index contributed by atoms with van der Waals surface area (Å²) >= 11 is 0. The lowest BCUT2D eigenvalue weighted by atomic mass is 10.0. The second-order valence-electron chi connectivity index (χ2n) is 14.3. The number of carbonyl (C=O) groups is 3. The number of methoxy groups -OCH3 is 1. The molecule has 2 saturated heterocycles. The quantitative estimate of drug-likeness (QED) is 0.0581. The number of benzene rings is 2. The van der Waals surface area contributed by atoms with Crippen molar-refractivity contribution in [3.8, 4) is 23.1 Å². The number of rotatable bonds is 11. The van der Waals surface area contributed by atoms with Crippen LogP contribution in [-0.4, -0.2) is 93.4 Å². The largest absolute Gasteiger partial charge is 0.453 e. The fraction of sp³-hybridized carbons (Fsp3) is 0.450. The number of aromatic nitrogens is 4. The van der Waals surface area contributed by atoms with E-state index >= 15 is 0 Å². The summed E-state index contributed by atoms with van der Waals surface area (Å²) in [4.78, 5) is 72.7. The van der Waals surface area contributed by atoms with Crippen molar-refractivity contribution in [2.45, 2.75) is 77.5 Å². The number of nitrogens with zero attached hydrogens (tertiary/aromatic N) is 5. The van der Waals surface area contributed by atoms with Crippen molar-refractivity contribution in [2.75, 3.05) is 27.3 Å². The monoisotopic (exact) mass is 736 g/mol. The van der Waals surface area contributed by atoms with Crippen LogP contribution < -0.4 is 5.32 Å². The molecule has 2 fully saturated rings. The predicted molar refractivity (Wildman–Crippen MR) is 203 cm³/mol. The van der Waals surface area contributed by atoms with E-state index in [0.29, 0.717) is 18.9 Å². The average molecular weight is 737 g/mol. The lowest BCUT2D eigenvalue weighted by Crippen LogP contribution is -2.51. The molecule has 2 aliphatic heterocycles. The van der Waals surface area contributed by atoms with Crippen LogP contribution in [0, 0.1) is 23.7 Å². The summed E-state index contributed by atoms with van der Waals surface area (Å²) in [6.45, 7) is 8.94. The standard InChI is InChI=1S/C40H48N8O6/c1-24(2)34(42-23-54-53-6)38(49)48-20-8-10-33(48)37-43-29-18-15-27(21-30(29)44-37)12-11-26-13-16-28(17-14-26)31-22-41-36(45-31)32-9-7-19-47(32)39(50)35(25(3)4)46-40(51)52-5/h13-18,21-25,32-35H,7-10,19-20H2,1-6H3,(H,41,45)(H,43,44)(H,46,51)/t32-,33-,34+,35-/m0/s1. The number of aliphatic imine (C=N–C) groups is 1. The van der Waals surface area contributed by atoms with Crippen molar-refractivity contribution in [2.24, 2.45) is 16.8 Å². The Kier molecular flexibility index (Phi) is 12.0. The van der Waals surface area contributed by atoms with E-state index in [1.165, 1.54) is 20.6 Å². The van der Waals surface area contributed by atoms with Crippen LogP contribution in [0.3, 0.4) is 0 Å². The van der Waals surface area contributed by atoms with Crippen LogP contribution in [0.4, 0.5) is 4.79 Å². The molecular formula is C40H48N8O6. The zero-order valence-electron chi connectivity index (χ0n) is 31.6. The van der Waals surface area contributed by atoms with Gasteiger partial charge in [0.1, 0.15) is 23.7 Å². The number of alkyl carbamates (subject to hydrolysis) is 1. The van der Waals surface area contributed by atoms with E-state index in [9.17, 15) is 14.4 Å². The van der Waals surface area contributed by atoms with E-state index < -0.39 is 18.2 Å². The van der Waals surface area contributed by atoms with Gasteiger partial charge in [-0.2, -0.15) is 4.89 Å². The number of aromatic amines is 2. The highest BCUT2D eigenvalue weighted by atomic mass is 17.2. The molecule has 2 aromatic carbocycles. The first kappa shape index (κ1) is 38.1. The van der Waals surface area contributed by atoms with Crippen molar-refractivity contribution in [3.05, 3.63) is 71.4 Å². The molecule has 4 aromatic rings. The number of carbonyl (C=O) groups excluding carboxylic acids is 3. The van der Waals surface area contributed by atoms with Crippen LogP contribution in [0.5, 0.6) is 0 Å². The summed E-state index contributed by atoms with van der Waals surface area (Å²) in [5.74, 6) is 7.66. The molecule has 54 heavy (non-hydrogen) atoms. The summed E-state index contributed by atoms with van der Waals surface area (Å²) in [6, 6.07) is 12.1. The van der Waals surface area contributed by atoms with E-state index in [-0.39, 0.29) is 35.7 Å². The Morgan fingerprint density at radius 2 is 1.56 bits per heavy atom. The average Bonchev–Trinajstić information content (AvgIpc) is 4.00. The molecular weight excluding hydrogens is 688 g/mol. The van der Waals surface area contributed by atoms with Gasteiger partial charge in [0.15, 0.2) is 0 Å². The maximum Gasteiger partial charge on any atom is 0.407 e. The van der Waals surface area contributed by atoms with Gasteiger partial charge < -0.3 is 34.7 Å². The summed E-state index contributed by atoms with van der Waals surface area (Å²) < 4.78 is 4.75. The van der Waals surface area contributed by atoms with E-state index in [2.05, 4.69) is 42.0 Å². The second kappa shape index (κ2) is 17.0. The second-order valence-corrected chi connectivity index (χ2v) is 14.3. The number of hydrogen-bond donors (Lipinski definition) is 3. The number of imidazole rings is 2. The van der Waals surface area contributed by atoms with Gasteiger partial charge in [-0.1, -0.05) is 51.7 Å². The summed E-state index contributed by atoms with van der Waals surface area (Å²) in [5.41, 5.74) is 5.15. The van der Waals surface area contributed by atoms with Crippen molar-refractivity contribution in [3.63, 3.8) is 0 Å². The Morgan fingerprint density at radius 3 is 2.22 bits per heavy atom.